The number of rotatable bonds is 4. The number of likely N-dealkylation sites (N-methyl/N-ethyl adjacent to an activating group) is 1. The van der Waals surface area contributed by atoms with Gasteiger partial charge < -0.3 is 9.72 Å². The third-order valence-corrected chi connectivity index (χ3v) is 6.59. The lowest BCUT2D eigenvalue weighted by Crippen LogP contribution is -2.49. The minimum absolute atomic E-state index is 0.0308. The molecule has 0 amide bonds. The van der Waals surface area contributed by atoms with Crippen LogP contribution in [0, 0.1) is 12.7 Å². The van der Waals surface area contributed by atoms with Gasteiger partial charge in [0.1, 0.15) is 5.82 Å². The summed E-state index contributed by atoms with van der Waals surface area (Å²) < 4.78 is 46.7. The summed E-state index contributed by atoms with van der Waals surface area (Å²) in [7, 11) is -0.544. The minimum atomic E-state index is -3.82. The molecule has 136 valence electrons. The average Bonchev–Trinajstić information content (AvgIpc) is 3.11. The molecule has 1 aliphatic rings. The molecule has 3 rings (SSSR count). The number of methoxy groups -OCH3 is 1. The van der Waals surface area contributed by atoms with Gasteiger partial charge in [0.2, 0.25) is 10.0 Å². The van der Waals surface area contributed by atoms with E-state index >= 15 is 0 Å². The molecule has 1 aliphatic heterocycles. The van der Waals surface area contributed by atoms with Crippen molar-refractivity contribution in [2.45, 2.75) is 17.9 Å². The van der Waals surface area contributed by atoms with Gasteiger partial charge >= 0.3 is 0 Å². The van der Waals surface area contributed by atoms with Crippen molar-refractivity contribution >= 4 is 10.0 Å². The van der Waals surface area contributed by atoms with Crippen LogP contribution in [0.15, 0.2) is 29.4 Å². The summed E-state index contributed by atoms with van der Waals surface area (Å²) in [6.45, 7) is 2.59. The molecule has 1 aromatic carbocycles. The Hall–Kier alpha value is -1.97. The number of halogens is 1. The Bertz CT molecular complexity index is 855. The Kier molecular flexibility index (Phi) is 4.81. The Morgan fingerprint density at radius 1 is 1.36 bits per heavy atom. The van der Waals surface area contributed by atoms with E-state index in [0.717, 1.165) is 0 Å². The van der Waals surface area contributed by atoms with E-state index in [1.54, 1.807) is 12.4 Å². The van der Waals surface area contributed by atoms with E-state index in [0.29, 0.717) is 18.9 Å². The first kappa shape index (κ1) is 17.8. The molecule has 0 unspecified atom stereocenters. The maximum absolute atomic E-state index is 14.3. The first-order chi connectivity index (χ1) is 11.9. The summed E-state index contributed by atoms with van der Waals surface area (Å²) in [6.07, 6.45) is 3.35. The second-order valence-electron chi connectivity index (χ2n) is 6.04. The molecule has 2 heterocycles. The predicted octanol–water partition coefficient (Wildman–Crippen LogP) is 1.54. The van der Waals surface area contributed by atoms with Crippen LogP contribution in [0.25, 0.3) is 0 Å². The van der Waals surface area contributed by atoms with Crippen molar-refractivity contribution in [3.8, 4) is 5.75 Å². The number of piperazine rings is 1. The SMILES string of the molecule is COc1ccc(S(=O)(=O)N2CCN(C)[C@@H](c3ncc[nH]3)C2)c(C)c1F. The van der Waals surface area contributed by atoms with Gasteiger partial charge in [-0.05, 0) is 26.1 Å². The lowest BCUT2D eigenvalue weighted by molar-refractivity contribution is 0.142. The van der Waals surface area contributed by atoms with E-state index in [4.69, 9.17) is 4.74 Å². The zero-order valence-electron chi connectivity index (χ0n) is 14.4. The van der Waals surface area contributed by atoms with Crippen molar-refractivity contribution in [2.24, 2.45) is 0 Å². The minimum Gasteiger partial charge on any atom is -0.494 e. The first-order valence-electron chi connectivity index (χ1n) is 7.89. The molecule has 9 heteroatoms. The molecule has 2 aromatic rings. The molecule has 0 aliphatic carbocycles. The van der Waals surface area contributed by atoms with Crippen molar-refractivity contribution in [3.63, 3.8) is 0 Å². The largest absolute Gasteiger partial charge is 0.494 e. The normalized spacial score (nSPS) is 19.9. The molecular weight excluding hydrogens is 347 g/mol. The number of ether oxygens (including phenoxy) is 1. The van der Waals surface area contributed by atoms with Crippen LogP contribution in [0.1, 0.15) is 17.4 Å². The maximum atomic E-state index is 14.3. The monoisotopic (exact) mass is 368 g/mol. The molecule has 25 heavy (non-hydrogen) atoms. The van der Waals surface area contributed by atoms with Crippen molar-refractivity contribution in [1.82, 2.24) is 19.2 Å². The second-order valence-corrected chi connectivity index (χ2v) is 7.95. The van der Waals surface area contributed by atoms with E-state index in [2.05, 4.69) is 9.97 Å². The number of imidazole rings is 1. The Morgan fingerprint density at radius 2 is 2.12 bits per heavy atom. The first-order valence-corrected chi connectivity index (χ1v) is 9.33. The maximum Gasteiger partial charge on any atom is 0.243 e. The van der Waals surface area contributed by atoms with Gasteiger partial charge in [0.15, 0.2) is 11.6 Å². The highest BCUT2D eigenvalue weighted by molar-refractivity contribution is 7.89. The molecule has 1 fully saturated rings. The highest BCUT2D eigenvalue weighted by atomic mass is 32.2. The van der Waals surface area contributed by atoms with Crippen molar-refractivity contribution in [2.75, 3.05) is 33.8 Å². The fourth-order valence-electron chi connectivity index (χ4n) is 3.04. The summed E-state index contributed by atoms with van der Waals surface area (Å²) in [6, 6.07) is 2.56. The molecule has 1 atom stereocenters. The fourth-order valence-corrected chi connectivity index (χ4v) is 4.69. The van der Waals surface area contributed by atoms with Gasteiger partial charge in [0, 0.05) is 37.6 Å². The van der Waals surface area contributed by atoms with Crippen molar-refractivity contribution < 1.29 is 17.5 Å². The van der Waals surface area contributed by atoms with Crippen LogP contribution in [0.5, 0.6) is 5.75 Å². The lowest BCUT2D eigenvalue weighted by Gasteiger charge is -2.37. The smallest absolute Gasteiger partial charge is 0.243 e. The van der Waals surface area contributed by atoms with Gasteiger partial charge in [-0.2, -0.15) is 4.31 Å². The predicted molar refractivity (Wildman–Crippen MR) is 90.4 cm³/mol. The van der Waals surface area contributed by atoms with Crippen LogP contribution >= 0.6 is 0 Å². The van der Waals surface area contributed by atoms with Gasteiger partial charge in [0.05, 0.1) is 18.0 Å². The molecule has 0 radical (unpaired) electrons. The Labute approximate surface area is 146 Å². The number of aromatic amines is 1. The second kappa shape index (κ2) is 6.74. The van der Waals surface area contributed by atoms with Gasteiger partial charge in [-0.15, -0.1) is 0 Å². The molecular formula is C16H21FN4O3S. The standard InChI is InChI=1S/C16H21FN4O3S/c1-11-14(5-4-13(24-3)15(11)17)25(22,23)21-9-8-20(2)12(10-21)16-18-6-7-19-16/h4-7,12H,8-10H2,1-3H3,(H,18,19)/t12-/m1/s1. The van der Waals surface area contributed by atoms with Crippen LogP contribution in [0.3, 0.4) is 0 Å². The highest BCUT2D eigenvalue weighted by Crippen LogP contribution is 2.31. The average molecular weight is 368 g/mol. The molecule has 0 spiro atoms. The van der Waals surface area contributed by atoms with E-state index in [1.165, 1.54) is 30.5 Å². The zero-order chi connectivity index (χ0) is 18.2. The number of benzene rings is 1. The number of hydrogen-bond acceptors (Lipinski definition) is 5. The summed E-state index contributed by atoms with van der Waals surface area (Å²) in [5, 5.41) is 0. The van der Waals surface area contributed by atoms with Crippen LogP contribution in [-0.4, -0.2) is 61.4 Å². The summed E-state index contributed by atoms with van der Waals surface area (Å²) >= 11 is 0. The van der Waals surface area contributed by atoms with Crippen LogP contribution in [0.4, 0.5) is 4.39 Å². The number of aromatic nitrogens is 2. The van der Waals surface area contributed by atoms with Crippen LogP contribution in [0.2, 0.25) is 0 Å². The van der Waals surface area contributed by atoms with Gasteiger partial charge in [-0.1, -0.05) is 0 Å². The topological polar surface area (TPSA) is 78.5 Å². The molecule has 0 bridgehead atoms. The molecule has 1 aromatic heterocycles. The summed E-state index contributed by atoms with van der Waals surface area (Å²) in [5.74, 6) is 0.0867. The zero-order valence-corrected chi connectivity index (χ0v) is 15.2. The van der Waals surface area contributed by atoms with E-state index in [9.17, 15) is 12.8 Å². The number of H-pyrrole nitrogens is 1. The van der Waals surface area contributed by atoms with E-state index < -0.39 is 15.8 Å². The quantitative estimate of drug-likeness (QED) is 0.886. The van der Waals surface area contributed by atoms with Gasteiger partial charge in [0.25, 0.3) is 0 Å². The molecule has 1 saturated heterocycles. The molecule has 0 saturated carbocycles. The van der Waals surface area contributed by atoms with Crippen LogP contribution < -0.4 is 4.74 Å². The molecule has 7 nitrogen and oxygen atoms in total. The Morgan fingerprint density at radius 3 is 2.76 bits per heavy atom. The summed E-state index contributed by atoms with van der Waals surface area (Å²) in [4.78, 5) is 9.29. The number of hydrogen-bond donors (Lipinski definition) is 1. The highest BCUT2D eigenvalue weighted by Gasteiger charge is 2.35. The third kappa shape index (κ3) is 3.14. The fraction of sp³-hybridized carbons (Fsp3) is 0.438. The van der Waals surface area contributed by atoms with E-state index in [-0.39, 0.29) is 28.8 Å². The van der Waals surface area contributed by atoms with Gasteiger partial charge in [-0.3, -0.25) is 4.90 Å². The molecule has 1 N–H and O–H groups in total. The third-order valence-electron chi connectivity index (χ3n) is 4.58. The van der Waals surface area contributed by atoms with Crippen molar-refractivity contribution in [1.29, 1.82) is 0 Å². The lowest BCUT2D eigenvalue weighted by atomic mass is 10.2. The van der Waals surface area contributed by atoms with Crippen molar-refractivity contribution in [3.05, 3.63) is 41.7 Å². The number of nitrogens with zero attached hydrogens (tertiary/aromatic N) is 3. The Balaban J connectivity index is 1.94. The van der Waals surface area contributed by atoms with Crippen LogP contribution in [-0.2, 0) is 10.0 Å². The number of nitrogens with one attached hydrogen (secondary N) is 1. The van der Waals surface area contributed by atoms with E-state index in [1.807, 2.05) is 11.9 Å². The summed E-state index contributed by atoms with van der Waals surface area (Å²) in [5.41, 5.74) is 0.0628. The van der Waals surface area contributed by atoms with Gasteiger partial charge in [-0.25, -0.2) is 17.8 Å². The number of sulfonamides is 1.